The molecular weight excluding hydrogens is 387 g/mol. The number of benzene rings is 1. The smallest absolute Gasteiger partial charge is 0.313 e. The Morgan fingerprint density at radius 2 is 2.00 bits per heavy atom. The fourth-order valence-electron chi connectivity index (χ4n) is 4.72. The van der Waals surface area contributed by atoms with Crippen LogP contribution in [0.2, 0.25) is 0 Å². The van der Waals surface area contributed by atoms with E-state index in [2.05, 4.69) is 43.4 Å². The predicted molar refractivity (Wildman–Crippen MR) is 96.7 cm³/mol. The lowest BCUT2D eigenvalue weighted by molar-refractivity contribution is -0.166. The molecule has 120 valence electrons. The van der Waals surface area contributed by atoms with Crippen LogP contribution in [-0.4, -0.2) is 12.1 Å². The van der Waals surface area contributed by atoms with Crippen molar-refractivity contribution in [3.8, 4) is 0 Å². The molecule has 2 aliphatic rings. The van der Waals surface area contributed by atoms with Crippen LogP contribution in [0.5, 0.6) is 0 Å². The first kappa shape index (κ1) is 16.3. The van der Waals surface area contributed by atoms with E-state index in [0.717, 1.165) is 9.13 Å². The van der Waals surface area contributed by atoms with E-state index in [4.69, 9.17) is 4.74 Å². The molecule has 0 amide bonds. The Morgan fingerprint density at radius 1 is 1.32 bits per heavy atom. The van der Waals surface area contributed by atoms with Crippen LogP contribution in [0.1, 0.15) is 58.4 Å². The van der Waals surface area contributed by atoms with Gasteiger partial charge < -0.3 is 4.74 Å². The second-order valence-corrected chi connectivity index (χ2v) is 9.14. The van der Waals surface area contributed by atoms with Gasteiger partial charge in [0.05, 0.1) is 5.92 Å². The standard InChI is InChI=1S/C19H25IO2/c1-12(14-7-5-6-8-15(14)20)16(21)22-17-18(2,3)13-9-10-19(17,4)11-13/h5-8,12-13,17H,9-11H2,1-4H3/t12-,13-,17-,19+/m0/s1. The Kier molecular flexibility index (Phi) is 4.07. The zero-order chi connectivity index (χ0) is 16.1. The summed E-state index contributed by atoms with van der Waals surface area (Å²) in [5, 5.41) is 0. The van der Waals surface area contributed by atoms with Gasteiger partial charge >= 0.3 is 5.97 Å². The van der Waals surface area contributed by atoms with E-state index in [1.165, 1.54) is 19.3 Å². The van der Waals surface area contributed by atoms with Gasteiger partial charge in [-0.05, 0) is 66.3 Å². The molecule has 0 saturated heterocycles. The zero-order valence-electron chi connectivity index (χ0n) is 13.9. The lowest BCUT2D eigenvalue weighted by atomic mass is 9.70. The summed E-state index contributed by atoms with van der Waals surface area (Å²) in [6, 6.07) is 8.07. The number of hydrogen-bond donors (Lipinski definition) is 0. The van der Waals surface area contributed by atoms with Crippen LogP contribution in [0.15, 0.2) is 24.3 Å². The molecule has 2 fully saturated rings. The van der Waals surface area contributed by atoms with Crippen molar-refractivity contribution in [1.29, 1.82) is 0 Å². The van der Waals surface area contributed by atoms with Gasteiger partial charge in [0, 0.05) is 14.4 Å². The second kappa shape index (κ2) is 5.50. The van der Waals surface area contributed by atoms with Crippen LogP contribution in [-0.2, 0) is 9.53 Å². The van der Waals surface area contributed by atoms with E-state index >= 15 is 0 Å². The van der Waals surface area contributed by atoms with Crippen LogP contribution >= 0.6 is 22.6 Å². The topological polar surface area (TPSA) is 26.3 Å². The van der Waals surface area contributed by atoms with Crippen LogP contribution in [0.25, 0.3) is 0 Å². The Balaban J connectivity index is 1.79. The molecule has 0 aromatic heterocycles. The van der Waals surface area contributed by atoms with Gasteiger partial charge in [0.15, 0.2) is 0 Å². The molecule has 1 aromatic carbocycles. The molecule has 0 spiro atoms. The van der Waals surface area contributed by atoms with Crippen molar-refractivity contribution >= 4 is 28.6 Å². The van der Waals surface area contributed by atoms with E-state index in [0.29, 0.717) is 5.92 Å². The Hall–Kier alpha value is -0.580. The second-order valence-electron chi connectivity index (χ2n) is 7.98. The maximum atomic E-state index is 12.7. The molecule has 0 aliphatic heterocycles. The average molecular weight is 412 g/mol. The monoisotopic (exact) mass is 412 g/mol. The Labute approximate surface area is 147 Å². The van der Waals surface area contributed by atoms with Crippen molar-refractivity contribution in [3.05, 3.63) is 33.4 Å². The molecule has 2 aliphatic carbocycles. The highest BCUT2D eigenvalue weighted by molar-refractivity contribution is 14.1. The minimum absolute atomic E-state index is 0.0510. The summed E-state index contributed by atoms with van der Waals surface area (Å²) in [6.07, 6.45) is 3.73. The molecule has 4 atom stereocenters. The highest BCUT2D eigenvalue weighted by atomic mass is 127. The van der Waals surface area contributed by atoms with Crippen LogP contribution in [0.3, 0.4) is 0 Å². The van der Waals surface area contributed by atoms with E-state index < -0.39 is 0 Å². The van der Waals surface area contributed by atoms with E-state index in [9.17, 15) is 4.79 Å². The molecule has 2 saturated carbocycles. The third-order valence-corrected chi connectivity index (χ3v) is 7.08. The first-order chi connectivity index (χ1) is 10.3. The Bertz CT molecular complexity index is 590. The van der Waals surface area contributed by atoms with Crippen LogP contribution in [0, 0.1) is 20.3 Å². The largest absolute Gasteiger partial charge is 0.461 e. The molecule has 2 nitrogen and oxygen atoms in total. The number of carbonyl (C=O) groups is 1. The molecule has 22 heavy (non-hydrogen) atoms. The van der Waals surface area contributed by atoms with Gasteiger partial charge in [-0.3, -0.25) is 4.79 Å². The van der Waals surface area contributed by atoms with Gasteiger partial charge in [-0.2, -0.15) is 0 Å². The molecule has 2 bridgehead atoms. The van der Waals surface area contributed by atoms with Crippen molar-refractivity contribution < 1.29 is 9.53 Å². The van der Waals surface area contributed by atoms with E-state index in [1.54, 1.807) is 0 Å². The van der Waals surface area contributed by atoms with Crippen molar-refractivity contribution in [2.45, 2.75) is 59.0 Å². The van der Waals surface area contributed by atoms with Gasteiger partial charge in [0.2, 0.25) is 0 Å². The third kappa shape index (κ3) is 2.49. The normalized spacial score (nSPS) is 33.7. The van der Waals surface area contributed by atoms with Gasteiger partial charge in [-0.1, -0.05) is 39.0 Å². The Morgan fingerprint density at radius 3 is 2.59 bits per heavy atom. The third-order valence-electron chi connectivity index (χ3n) is 6.10. The number of fused-ring (bicyclic) bond motifs is 2. The SMILES string of the molecule is C[C@H](C(=O)O[C@H]1C(C)(C)[C@H]2CC[C@]1(C)C2)c1ccccc1I. The summed E-state index contributed by atoms with van der Waals surface area (Å²) in [6.45, 7) is 8.81. The summed E-state index contributed by atoms with van der Waals surface area (Å²) in [7, 11) is 0. The van der Waals surface area contributed by atoms with Crippen molar-refractivity contribution in [1.82, 2.24) is 0 Å². The molecule has 0 heterocycles. The summed E-state index contributed by atoms with van der Waals surface area (Å²) < 4.78 is 7.22. The number of rotatable bonds is 3. The van der Waals surface area contributed by atoms with Crippen LogP contribution in [0.4, 0.5) is 0 Å². The van der Waals surface area contributed by atoms with Gasteiger partial charge in [-0.25, -0.2) is 0 Å². The maximum absolute atomic E-state index is 12.7. The minimum Gasteiger partial charge on any atom is -0.461 e. The average Bonchev–Trinajstić information content (AvgIpc) is 2.94. The van der Waals surface area contributed by atoms with Crippen molar-refractivity contribution in [2.24, 2.45) is 16.7 Å². The number of halogens is 1. The van der Waals surface area contributed by atoms with Gasteiger partial charge in [0.25, 0.3) is 0 Å². The van der Waals surface area contributed by atoms with E-state index in [-0.39, 0.29) is 28.8 Å². The fourth-order valence-corrected chi connectivity index (χ4v) is 5.58. The zero-order valence-corrected chi connectivity index (χ0v) is 16.0. The highest BCUT2D eigenvalue weighted by Crippen LogP contribution is 2.63. The summed E-state index contributed by atoms with van der Waals surface area (Å²) >= 11 is 2.29. The van der Waals surface area contributed by atoms with Gasteiger partial charge in [0.1, 0.15) is 6.10 Å². The lowest BCUT2D eigenvalue weighted by Gasteiger charge is -2.42. The first-order valence-corrected chi connectivity index (χ1v) is 9.28. The summed E-state index contributed by atoms with van der Waals surface area (Å²) in [5.41, 5.74) is 1.35. The molecule has 0 N–H and O–H groups in total. The molecule has 3 heteroatoms. The van der Waals surface area contributed by atoms with Crippen molar-refractivity contribution in [3.63, 3.8) is 0 Å². The van der Waals surface area contributed by atoms with Crippen molar-refractivity contribution in [2.75, 3.05) is 0 Å². The predicted octanol–water partition coefficient (Wildman–Crippen LogP) is 5.15. The number of esters is 1. The fraction of sp³-hybridized carbons (Fsp3) is 0.632. The van der Waals surface area contributed by atoms with E-state index in [1.807, 2.05) is 31.2 Å². The van der Waals surface area contributed by atoms with Crippen LogP contribution < -0.4 is 0 Å². The minimum atomic E-state index is -0.202. The quantitative estimate of drug-likeness (QED) is 0.507. The first-order valence-electron chi connectivity index (χ1n) is 8.20. The molecule has 0 unspecified atom stereocenters. The summed E-state index contributed by atoms with van der Waals surface area (Å²) in [4.78, 5) is 12.7. The summed E-state index contributed by atoms with van der Waals surface area (Å²) in [5.74, 6) is 0.421. The molecule has 3 rings (SSSR count). The molecule has 0 radical (unpaired) electrons. The number of ether oxygens (including phenoxy) is 1. The maximum Gasteiger partial charge on any atom is 0.313 e. The number of hydrogen-bond acceptors (Lipinski definition) is 2. The highest BCUT2D eigenvalue weighted by Gasteiger charge is 2.61. The molecule has 1 aromatic rings. The molecular formula is C19H25IO2. The lowest BCUT2D eigenvalue weighted by Crippen LogP contribution is -2.44. The van der Waals surface area contributed by atoms with Gasteiger partial charge in [-0.15, -0.1) is 0 Å². The number of carbonyl (C=O) groups excluding carboxylic acids is 1.